The molecule has 2 amide bonds. The van der Waals surface area contributed by atoms with Crippen LogP contribution >= 0.6 is 0 Å². The van der Waals surface area contributed by atoms with E-state index in [1.807, 2.05) is 13.0 Å². The summed E-state index contributed by atoms with van der Waals surface area (Å²) in [5.74, 6) is -1.05. The summed E-state index contributed by atoms with van der Waals surface area (Å²) in [6.45, 7) is 4.77. The highest BCUT2D eigenvalue weighted by Crippen LogP contribution is 2.24. The van der Waals surface area contributed by atoms with E-state index < -0.39 is 5.97 Å². The van der Waals surface area contributed by atoms with Gasteiger partial charge in [-0.05, 0) is 37.5 Å². The second-order valence-electron chi connectivity index (χ2n) is 5.37. The summed E-state index contributed by atoms with van der Waals surface area (Å²) in [4.78, 5) is 25.2. The van der Waals surface area contributed by atoms with E-state index in [0.717, 1.165) is 17.5 Å². The second-order valence-corrected chi connectivity index (χ2v) is 5.37. The largest absolute Gasteiger partial charge is 0.478 e. The second kappa shape index (κ2) is 6.13. The van der Waals surface area contributed by atoms with Crippen LogP contribution in [0.3, 0.4) is 0 Å². The van der Waals surface area contributed by atoms with Crippen LogP contribution < -0.4 is 5.32 Å². The van der Waals surface area contributed by atoms with Crippen LogP contribution in [0.25, 0.3) is 0 Å². The fraction of sp³-hybridized carbons (Fsp3) is 0.467. The van der Waals surface area contributed by atoms with Crippen molar-refractivity contribution in [3.63, 3.8) is 0 Å². The van der Waals surface area contributed by atoms with Crippen LogP contribution in [0.5, 0.6) is 0 Å². The lowest BCUT2D eigenvalue weighted by Gasteiger charge is -2.24. The van der Waals surface area contributed by atoms with Crippen molar-refractivity contribution in [3.8, 4) is 0 Å². The fourth-order valence-corrected chi connectivity index (χ4v) is 2.49. The number of urea groups is 1. The zero-order valence-corrected chi connectivity index (χ0v) is 12.5. The van der Waals surface area contributed by atoms with Crippen molar-refractivity contribution in [2.45, 2.75) is 26.3 Å². The highest BCUT2D eigenvalue weighted by atomic mass is 16.5. The van der Waals surface area contributed by atoms with Crippen molar-refractivity contribution in [3.05, 3.63) is 28.8 Å². The molecule has 6 nitrogen and oxygen atoms in total. The standard InChI is InChI=1S/C15H20N2O4/c1-9-6-10(2)13(12(7-9)14(18)19)16-15(20)17(3)11-4-5-21-8-11/h6-7,11H,4-5,8H2,1-3H3,(H,16,20)(H,18,19). The number of likely N-dealkylation sites (N-methyl/N-ethyl adjacent to an activating group) is 1. The molecular formula is C15H20N2O4. The van der Waals surface area contributed by atoms with Gasteiger partial charge in [-0.1, -0.05) is 6.07 Å². The minimum atomic E-state index is -1.05. The molecule has 0 bridgehead atoms. The summed E-state index contributed by atoms with van der Waals surface area (Å²) < 4.78 is 5.26. The number of rotatable bonds is 3. The molecule has 1 heterocycles. The average Bonchev–Trinajstić information content (AvgIpc) is 2.94. The van der Waals surface area contributed by atoms with E-state index in [2.05, 4.69) is 5.32 Å². The number of ether oxygens (including phenoxy) is 1. The Bertz CT molecular complexity index is 565. The Hall–Kier alpha value is -2.08. The number of benzene rings is 1. The van der Waals surface area contributed by atoms with Gasteiger partial charge in [-0.3, -0.25) is 0 Å². The number of carboxylic acid groups (broad SMARTS) is 1. The summed E-state index contributed by atoms with van der Waals surface area (Å²) in [6.07, 6.45) is 0.794. The van der Waals surface area contributed by atoms with Gasteiger partial charge in [-0.25, -0.2) is 9.59 Å². The molecule has 114 valence electrons. The zero-order valence-electron chi connectivity index (χ0n) is 12.5. The first-order valence-corrected chi connectivity index (χ1v) is 6.86. The summed E-state index contributed by atoms with van der Waals surface area (Å²) in [5, 5.41) is 12.0. The van der Waals surface area contributed by atoms with Gasteiger partial charge in [-0.2, -0.15) is 0 Å². The molecule has 1 atom stereocenters. The summed E-state index contributed by atoms with van der Waals surface area (Å²) in [6, 6.07) is 3.12. The molecule has 0 aliphatic carbocycles. The zero-order chi connectivity index (χ0) is 15.6. The van der Waals surface area contributed by atoms with Crippen molar-refractivity contribution >= 4 is 17.7 Å². The highest BCUT2D eigenvalue weighted by Gasteiger charge is 2.25. The van der Waals surface area contributed by atoms with Crippen LogP contribution in [-0.2, 0) is 4.74 Å². The maximum absolute atomic E-state index is 12.3. The lowest BCUT2D eigenvalue weighted by molar-refractivity contribution is 0.0698. The van der Waals surface area contributed by atoms with E-state index in [0.29, 0.717) is 18.9 Å². The lowest BCUT2D eigenvalue weighted by Crippen LogP contribution is -2.40. The van der Waals surface area contributed by atoms with Crippen molar-refractivity contribution in [2.75, 3.05) is 25.6 Å². The molecule has 6 heteroatoms. The van der Waals surface area contributed by atoms with Gasteiger partial charge in [0, 0.05) is 13.7 Å². The summed E-state index contributed by atoms with van der Waals surface area (Å²) >= 11 is 0. The lowest BCUT2D eigenvalue weighted by atomic mass is 10.0. The monoisotopic (exact) mass is 292 g/mol. The van der Waals surface area contributed by atoms with E-state index in [9.17, 15) is 14.7 Å². The predicted molar refractivity (Wildman–Crippen MR) is 78.9 cm³/mol. The number of hydrogen-bond acceptors (Lipinski definition) is 3. The van der Waals surface area contributed by atoms with Crippen LogP contribution in [0.4, 0.5) is 10.5 Å². The molecule has 0 spiro atoms. The van der Waals surface area contributed by atoms with E-state index in [1.165, 1.54) is 0 Å². The fourth-order valence-electron chi connectivity index (χ4n) is 2.49. The molecule has 0 radical (unpaired) electrons. The van der Waals surface area contributed by atoms with Crippen LogP contribution in [0.2, 0.25) is 0 Å². The number of hydrogen-bond donors (Lipinski definition) is 2. The van der Waals surface area contributed by atoms with Crippen molar-refractivity contribution in [2.24, 2.45) is 0 Å². The minimum Gasteiger partial charge on any atom is -0.478 e. The third-order valence-electron chi connectivity index (χ3n) is 3.72. The highest BCUT2D eigenvalue weighted by molar-refractivity contribution is 6.01. The number of carbonyl (C=O) groups excluding carboxylic acids is 1. The van der Waals surface area contributed by atoms with E-state index in [1.54, 1.807) is 24.9 Å². The smallest absolute Gasteiger partial charge is 0.337 e. The molecule has 2 rings (SSSR count). The van der Waals surface area contributed by atoms with Gasteiger partial charge in [0.15, 0.2) is 0 Å². The summed E-state index contributed by atoms with van der Waals surface area (Å²) in [7, 11) is 1.69. The summed E-state index contributed by atoms with van der Waals surface area (Å²) in [5.41, 5.74) is 2.04. The molecule has 1 fully saturated rings. The number of carboxylic acids is 1. The predicted octanol–water partition coefficient (Wildman–Crippen LogP) is 2.25. The van der Waals surface area contributed by atoms with Gasteiger partial charge in [0.05, 0.1) is 23.9 Å². The Morgan fingerprint density at radius 2 is 2.10 bits per heavy atom. The van der Waals surface area contributed by atoms with Gasteiger partial charge in [-0.15, -0.1) is 0 Å². The SMILES string of the molecule is Cc1cc(C)c(NC(=O)N(C)C2CCOC2)c(C(=O)O)c1. The van der Waals surface area contributed by atoms with Crippen molar-refractivity contribution in [1.82, 2.24) is 4.90 Å². The molecule has 1 aliphatic heterocycles. The first kappa shape index (κ1) is 15.3. The molecule has 1 aromatic carbocycles. The van der Waals surface area contributed by atoms with E-state index in [-0.39, 0.29) is 17.6 Å². The van der Waals surface area contributed by atoms with Gasteiger partial charge in [0.1, 0.15) is 0 Å². The molecule has 0 saturated carbocycles. The topological polar surface area (TPSA) is 78.9 Å². The molecule has 1 unspecified atom stereocenters. The van der Waals surface area contributed by atoms with Gasteiger partial charge in [0.2, 0.25) is 0 Å². The van der Waals surface area contributed by atoms with Gasteiger partial charge in [0.25, 0.3) is 0 Å². The quantitative estimate of drug-likeness (QED) is 0.895. The van der Waals surface area contributed by atoms with Crippen LogP contribution in [0.1, 0.15) is 27.9 Å². The molecule has 1 saturated heterocycles. The first-order chi connectivity index (χ1) is 9.90. The molecule has 0 aromatic heterocycles. The van der Waals surface area contributed by atoms with Gasteiger partial charge >= 0.3 is 12.0 Å². The third-order valence-corrected chi connectivity index (χ3v) is 3.72. The van der Waals surface area contributed by atoms with Crippen LogP contribution in [0, 0.1) is 13.8 Å². The Balaban J connectivity index is 2.22. The van der Waals surface area contributed by atoms with Crippen LogP contribution in [-0.4, -0.2) is 48.3 Å². The number of carbonyl (C=O) groups is 2. The number of nitrogens with zero attached hydrogens (tertiary/aromatic N) is 1. The van der Waals surface area contributed by atoms with Crippen molar-refractivity contribution in [1.29, 1.82) is 0 Å². The number of aryl methyl sites for hydroxylation is 2. The van der Waals surface area contributed by atoms with E-state index in [4.69, 9.17) is 4.74 Å². The number of amides is 2. The average molecular weight is 292 g/mol. The molecular weight excluding hydrogens is 272 g/mol. The number of aromatic carboxylic acids is 1. The third kappa shape index (κ3) is 3.33. The van der Waals surface area contributed by atoms with Gasteiger partial charge < -0.3 is 20.1 Å². The maximum Gasteiger partial charge on any atom is 0.337 e. The first-order valence-electron chi connectivity index (χ1n) is 6.86. The Morgan fingerprint density at radius 1 is 1.38 bits per heavy atom. The normalized spacial score (nSPS) is 17.6. The number of nitrogens with one attached hydrogen (secondary N) is 1. The molecule has 1 aromatic rings. The molecule has 2 N–H and O–H groups in total. The maximum atomic E-state index is 12.3. The Labute approximate surface area is 123 Å². The number of anilines is 1. The minimum absolute atomic E-state index is 0.0315. The Kier molecular flexibility index (Phi) is 4.47. The van der Waals surface area contributed by atoms with Crippen molar-refractivity contribution < 1.29 is 19.4 Å². The van der Waals surface area contributed by atoms with Crippen LogP contribution in [0.15, 0.2) is 12.1 Å². The molecule has 1 aliphatic rings. The molecule has 21 heavy (non-hydrogen) atoms. The van der Waals surface area contributed by atoms with E-state index >= 15 is 0 Å². The Morgan fingerprint density at radius 3 is 2.67 bits per heavy atom.